The van der Waals surface area contributed by atoms with Crippen LogP contribution in [0.5, 0.6) is 0 Å². The van der Waals surface area contributed by atoms with Gasteiger partial charge in [-0.3, -0.25) is 24.3 Å². The number of rotatable bonds is 4. The Balaban J connectivity index is 2.32. The molecule has 1 heterocycles. The van der Waals surface area contributed by atoms with Crippen LogP contribution in [0, 0.1) is 28.4 Å². The van der Waals surface area contributed by atoms with Gasteiger partial charge in [0.2, 0.25) is 0 Å². The molecule has 144 valence electrons. The van der Waals surface area contributed by atoms with E-state index in [2.05, 4.69) is 0 Å². The predicted octanol–water partition coefficient (Wildman–Crippen LogP) is 1.10. The molecule has 2 N–H and O–H groups in total. The molecule has 29 heavy (non-hydrogen) atoms. The van der Waals surface area contributed by atoms with E-state index in [1.54, 1.807) is 36.4 Å². The first-order valence-electron chi connectivity index (χ1n) is 8.31. The number of thiazole rings is 1. The summed E-state index contributed by atoms with van der Waals surface area (Å²) in [7, 11) is 0. The minimum atomic E-state index is -0.934. The maximum absolute atomic E-state index is 13.1. The maximum Gasteiger partial charge on any atom is 0.273 e. The van der Waals surface area contributed by atoms with Crippen molar-refractivity contribution in [2.45, 2.75) is 6.92 Å². The molecule has 3 aromatic rings. The standard InChI is InChI=1S/C20H14N4O4S/c1-12-2-6-14(7-3-12)23-19(26)17(29-20(23)16(11-21)18(22)25)10-13-4-8-15(9-5-13)24(27)28/h2-10H,1H3,(H2,22,25). The Morgan fingerprint density at radius 3 is 2.34 bits per heavy atom. The molecule has 0 aliphatic rings. The Morgan fingerprint density at radius 1 is 1.21 bits per heavy atom. The van der Waals surface area contributed by atoms with Crippen molar-refractivity contribution in [3.8, 4) is 11.8 Å². The fraction of sp³-hybridized carbons (Fsp3) is 0.0500. The van der Waals surface area contributed by atoms with Crippen LogP contribution in [-0.4, -0.2) is 15.4 Å². The number of hydrogen-bond acceptors (Lipinski definition) is 6. The third-order valence-electron chi connectivity index (χ3n) is 4.09. The monoisotopic (exact) mass is 406 g/mol. The molecule has 1 amide bonds. The van der Waals surface area contributed by atoms with Gasteiger partial charge in [-0.25, -0.2) is 0 Å². The molecule has 0 spiro atoms. The van der Waals surface area contributed by atoms with Crippen molar-refractivity contribution in [3.05, 3.63) is 89.3 Å². The second kappa shape index (κ2) is 7.92. The Hall–Kier alpha value is -4.03. The lowest BCUT2D eigenvalue weighted by Gasteiger charge is -2.03. The molecular formula is C20H14N4O4S. The summed E-state index contributed by atoms with van der Waals surface area (Å²) in [5, 5.41) is 20.2. The lowest BCUT2D eigenvalue weighted by Crippen LogP contribution is -2.32. The maximum atomic E-state index is 13.1. The minimum absolute atomic E-state index is 0.0695. The second-order valence-electron chi connectivity index (χ2n) is 6.09. The van der Waals surface area contributed by atoms with Crippen molar-refractivity contribution in [3.63, 3.8) is 0 Å². The summed E-state index contributed by atoms with van der Waals surface area (Å²) in [6, 6.07) is 14.5. The van der Waals surface area contributed by atoms with Gasteiger partial charge in [-0.1, -0.05) is 17.7 Å². The van der Waals surface area contributed by atoms with Gasteiger partial charge in [0.1, 0.15) is 10.7 Å². The number of amides is 1. The van der Waals surface area contributed by atoms with Gasteiger partial charge in [0.15, 0.2) is 5.57 Å². The number of carbonyl (C=O) groups excluding carboxylic acids is 1. The van der Waals surface area contributed by atoms with Crippen molar-refractivity contribution in [1.82, 2.24) is 4.57 Å². The number of nitriles is 1. The van der Waals surface area contributed by atoms with Gasteiger partial charge >= 0.3 is 0 Å². The van der Waals surface area contributed by atoms with E-state index in [-0.39, 0.29) is 20.5 Å². The van der Waals surface area contributed by atoms with E-state index in [4.69, 9.17) is 5.73 Å². The molecular weight excluding hydrogens is 392 g/mol. The molecule has 0 radical (unpaired) electrons. The highest BCUT2D eigenvalue weighted by atomic mass is 32.1. The third-order valence-corrected chi connectivity index (χ3v) is 5.18. The van der Waals surface area contributed by atoms with Crippen molar-refractivity contribution in [1.29, 1.82) is 5.26 Å². The molecule has 0 aliphatic heterocycles. The highest BCUT2D eigenvalue weighted by Crippen LogP contribution is 2.12. The van der Waals surface area contributed by atoms with Crippen molar-refractivity contribution < 1.29 is 9.72 Å². The number of non-ortho nitro benzene ring substituents is 1. The fourth-order valence-corrected chi connectivity index (χ4v) is 3.74. The first-order chi connectivity index (χ1) is 13.8. The van der Waals surface area contributed by atoms with Gasteiger partial charge in [-0.15, -0.1) is 11.3 Å². The molecule has 0 unspecified atom stereocenters. The van der Waals surface area contributed by atoms with Crippen LogP contribution < -0.4 is 20.5 Å². The molecule has 0 bridgehead atoms. The molecule has 1 aromatic heterocycles. The van der Waals surface area contributed by atoms with E-state index in [0.29, 0.717) is 11.3 Å². The zero-order valence-corrected chi connectivity index (χ0v) is 16.0. The van der Waals surface area contributed by atoms with Gasteiger partial charge < -0.3 is 5.73 Å². The summed E-state index contributed by atoms with van der Waals surface area (Å²) >= 11 is 0.952. The number of nitro groups is 1. The number of primary amides is 1. The summed E-state index contributed by atoms with van der Waals surface area (Å²) in [6.07, 6.45) is 1.54. The number of benzene rings is 2. The van der Waals surface area contributed by atoms with Crippen LogP contribution in [0.1, 0.15) is 11.1 Å². The predicted molar refractivity (Wildman–Crippen MR) is 109 cm³/mol. The fourth-order valence-electron chi connectivity index (χ4n) is 2.63. The van der Waals surface area contributed by atoms with Crippen molar-refractivity contribution >= 4 is 34.6 Å². The van der Waals surface area contributed by atoms with E-state index < -0.39 is 16.4 Å². The van der Waals surface area contributed by atoms with Crippen molar-refractivity contribution in [2.75, 3.05) is 0 Å². The largest absolute Gasteiger partial charge is 0.365 e. The highest BCUT2D eigenvalue weighted by Gasteiger charge is 2.14. The van der Waals surface area contributed by atoms with Crippen LogP contribution in [0.3, 0.4) is 0 Å². The summed E-state index contributed by atoms with van der Waals surface area (Å²) in [6.45, 7) is 1.89. The first kappa shape index (κ1) is 19.7. The lowest BCUT2D eigenvalue weighted by atomic mass is 10.2. The summed E-state index contributed by atoms with van der Waals surface area (Å²) < 4.78 is 1.65. The van der Waals surface area contributed by atoms with Gasteiger partial charge in [0.25, 0.3) is 17.2 Å². The Bertz CT molecular complexity index is 1330. The molecule has 0 fully saturated rings. The number of hydrogen-bond donors (Lipinski definition) is 1. The molecule has 2 aromatic carbocycles. The molecule has 3 rings (SSSR count). The first-order valence-corrected chi connectivity index (χ1v) is 9.12. The molecule has 0 aliphatic carbocycles. The van der Waals surface area contributed by atoms with Crippen LogP contribution in [0.25, 0.3) is 17.3 Å². The van der Waals surface area contributed by atoms with Gasteiger partial charge in [-0.05, 0) is 42.8 Å². The normalized spacial score (nSPS) is 12.3. The Morgan fingerprint density at radius 2 is 1.83 bits per heavy atom. The van der Waals surface area contributed by atoms with Crippen LogP contribution >= 0.6 is 11.3 Å². The smallest absolute Gasteiger partial charge is 0.273 e. The third kappa shape index (κ3) is 3.97. The zero-order chi connectivity index (χ0) is 21.1. The molecule has 9 heteroatoms. The van der Waals surface area contributed by atoms with Crippen LogP contribution in [0.2, 0.25) is 0 Å². The van der Waals surface area contributed by atoms with Crippen LogP contribution in [0.4, 0.5) is 5.69 Å². The van der Waals surface area contributed by atoms with E-state index in [1.165, 1.54) is 28.8 Å². The van der Waals surface area contributed by atoms with Gasteiger partial charge in [0, 0.05) is 12.1 Å². The van der Waals surface area contributed by atoms with Crippen LogP contribution in [-0.2, 0) is 4.79 Å². The topological polar surface area (TPSA) is 132 Å². The number of carbonyl (C=O) groups is 1. The highest BCUT2D eigenvalue weighted by molar-refractivity contribution is 7.07. The van der Waals surface area contributed by atoms with E-state index >= 15 is 0 Å². The summed E-state index contributed by atoms with van der Waals surface area (Å²) in [5.41, 5.74) is 6.54. The number of aryl methyl sites for hydroxylation is 1. The van der Waals surface area contributed by atoms with Gasteiger partial charge in [0.05, 0.1) is 15.1 Å². The Kier molecular flexibility index (Phi) is 5.38. The average molecular weight is 406 g/mol. The zero-order valence-electron chi connectivity index (χ0n) is 15.2. The average Bonchev–Trinajstić information content (AvgIpc) is 2.99. The SMILES string of the molecule is Cc1ccc(-n2c(=C(C#N)C(N)=O)sc(=Cc3ccc([N+](=O)[O-])cc3)c2=O)cc1. The van der Waals surface area contributed by atoms with E-state index in [1.807, 2.05) is 6.92 Å². The van der Waals surface area contributed by atoms with Gasteiger partial charge in [-0.2, -0.15) is 5.26 Å². The number of nitro benzene ring substituents is 1. The molecule has 0 atom stereocenters. The Labute approximate surface area is 168 Å². The quantitative estimate of drug-likeness (QED) is 0.512. The molecule has 8 nitrogen and oxygen atoms in total. The second-order valence-corrected chi connectivity index (χ2v) is 7.12. The molecule has 0 saturated carbocycles. The number of nitrogens with two attached hydrogens (primary N) is 1. The van der Waals surface area contributed by atoms with Crippen molar-refractivity contribution in [2.24, 2.45) is 5.73 Å². The molecule has 0 saturated heterocycles. The van der Waals surface area contributed by atoms with Crippen LogP contribution in [0.15, 0.2) is 53.3 Å². The van der Waals surface area contributed by atoms with E-state index in [0.717, 1.165) is 16.9 Å². The summed E-state index contributed by atoms with van der Waals surface area (Å²) in [4.78, 5) is 35.1. The lowest BCUT2D eigenvalue weighted by molar-refractivity contribution is -0.384. The number of aromatic nitrogens is 1. The minimum Gasteiger partial charge on any atom is -0.365 e. The van der Waals surface area contributed by atoms with E-state index in [9.17, 15) is 25.0 Å². The number of nitrogens with zero attached hydrogens (tertiary/aromatic N) is 3. The summed E-state index contributed by atoms with van der Waals surface area (Å²) in [5.74, 6) is -0.934.